The number of sulfone groups is 1. The molecule has 0 saturated carbocycles. The topological polar surface area (TPSA) is 93.3 Å². The second kappa shape index (κ2) is 6.69. The van der Waals surface area contributed by atoms with Gasteiger partial charge in [-0.25, -0.2) is 13.2 Å². The second-order valence-corrected chi connectivity index (χ2v) is 6.33. The molecule has 0 atom stereocenters. The molecule has 2 rings (SSSR count). The van der Waals surface area contributed by atoms with Crippen molar-refractivity contribution < 1.29 is 31.5 Å². The van der Waals surface area contributed by atoms with Crippen molar-refractivity contribution in [1.29, 1.82) is 0 Å². The average molecular weight is 343 g/mol. The molecule has 0 aliphatic carbocycles. The number of ether oxygens (including phenoxy) is 1. The first-order chi connectivity index (χ1) is 10.8. The van der Waals surface area contributed by atoms with Crippen molar-refractivity contribution >= 4 is 21.6 Å². The van der Waals surface area contributed by atoms with Gasteiger partial charge in [0, 0.05) is 6.20 Å². The predicted octanol–water partition coefficient (Wildman–Crippen LogP) is 2.05. The minimum Gasteiger partial charge on any atom is -0.454 e. The number of halogens is 2. The molecule has 1 aromatic carbocycles. The third kappa shape index (κ3) is 3.81. The second-order valence-electron chi connectivity index (χ2n) is 4.41. The van der Waals surface area contributed by atoms with Gasteiger partial charge in [-0.2, -0.15) is 8.78 Å². The van der Waals surface area contributed by atoms with Crippen molar-refractivity contribution in [3.63, 3.8) is 0 Å². The maximum atomic E-state index is 12.4. The highest BCUT2D eigenvalue weighted by molar-refractivity contribution is 7.91. The van der Waals surface area contributed by atoms with Gasteiger partial charge in [0.05, 0.1) is 16.2 Å². The van der Waals surface area contributed by atoms with E-state index in [0.29, 0.717) is 0 Å². The van der Waals surface area contributed by atoms with E-state index in [1.807, 2.05) is 0 Å². The van der Waals surface area contributed by atoms with Gasteiger partial charge in [0.15, 0.2) is 6.61 Å². The Bertz CT molecular complexity index is 798. The summed E-state index contributed by atoms with van der Waals surface area (Å²) in [6.07, 6.45) is 1.54. The van der Waals surface area contributed by atoms with Crippen LogP contribution in [-0.4, -0.2) is 37.5 Å². The minimum absolute atomic E-state index is 0.0579. The Balaban J connectivity index is 2.02. The number of ketones is 1. The quantitative estimate of drug-likeness (QED) is 0.640. The number of carbonyl (C=O) groups excluding carboxylic acids is 2. The summed E-state index contributed by atoms with van der Waals surface area (Å²) in [5.41, 5.74) is 0.216. The normalized spacial score (nSPS) is 11.4. The molecule has 0 unspecified atom stereocenters. The maximum absolute atomic E-state index is 12.4. The zero-order valence-corrected chi connectivity index (χ0v) is 12.3. The maximum Gasteiger partial charge on any atom is 0.341 e. The van der Waals surface area contributed by atoms with Crippen molar-refractivity contribution in [2.24, 2.45) is 0 Å². The van der Waals surface area contributed by atoms with Gasteiger partial charge in [0.2, 0.25) is 15.6 Å². The molecule has 1 heterocycles. The van der Waals surface area contributed by atoms with Crippen LogP contribution >= 0.6 is 0 Å². The molecule has 6 nitrogen and oxygen atoms in total. The molecule has 0 aliphatic heterocycles. The van der Waals surface area contributed by atoms with Gasteiger partial charge in [-0.05, 0) is 36.4 Å². The van der Waals surface area contributed by atoms with Crippen molar-refractivity contribution in [1.82, 2.24) is 4.98 Å². The van der Waals surface area contributed by atoms with Gasteiger partial charge in [-0.15, -0.1) is 0 Å². The summed E-state index contributed by atoms with van der Waals surface area (Å²) in [5, 5.41) is 0. The van der Waals surface area contributed by atoms with Crippen LogP contribution in [-0.2, 0) is 14.6 Å². The molecule has 0 saturated heterocycles. The molecule has 9 heteroatoms. The van der Waals surface area contributed by atoms with Crippen LogP contribution in [0.15, 0.2) is 47.5 Å². The summed E-state index contributed by atoms with van der Waals surface area (Å²) in [6.45, 7) is -0.504. The molecule has 0 fully saturated rings. The van der Waals surface area contributed by atoms with Crippen molar-refractivity contribution in [2.75, 3.05) is 6.61 Å². The van der Waals surface area contributed by atoms with Crippen LogP contribution in [0, 0.1) is 0 Å². The molecule has 2 aromatic rings. The molecule has 1 aromatic heterocycles. The number of rotatable bonds is 6. The predicted molar refractivity (Wildman–Crippen MR) is 75.0 cm³/mol. The number of esters is 1. The third-order valence-electron chi connectivity index (χ3n) is 2.89. The lowest BCUT2D eigenvalue weighted by molar-refractivity contribution is 0.0473. The molecule has 1 N–H and O–H groups in total. The minimum atomic E-state index is -4.72. The highest BCUT2D eigenvalue weighted by Crippen LogP contribution is 2.18. The van der Waals surface area contributed by atoms with Crippen LogP contribution in [0.5, 0.6) is 0 Å². The Morgan fingerprint density at radius 2 is 1.78 bits per heavy atom. The lowest BCUT2D eigenvalue weighted by Gasteiger charge is -2.05. The van der Waals surface area contributed by atoms with E-state index in [9.17, 15) is 26.8 Å². The molecule has 0 amide bonds. The molecule has 0 radical (unpaired) electrons. The Morgan fingerprint density at radius 1 is 1.13 bits per heavy atom. The van der Waals surface area contributed by atoms with E-state index in [2.05, 4.69) is 4.98 Å². The summed E-state index contributed by atoms with van der Waals surface area (Å²) in [5.74, 6) is -4.86. The van der Waals surface area contributed by atoms with E-state index in [1.54, 1.807) is 6.07 Å². The number of nitrogens with one attached hydrogen (secondary N) is 1. The van der Waals surface area contributed by atoms with Crippen molar-refractivity contribution in [3.8, 4) is 0 Å². The van der Waals surface area contributed by atoms with E-state index < -0.39 is 38.8 Å². The Morgan fingerprint density at radius 3 is 2.30 bits per heavy atom. The Hall–Kier alpha value is -2.55. The lowest BCUT2D eigenvalue weighted by Crippen LogP contribution is -2.15. The lowest BCUT2D eigenvalue weighted by atomic mass is 10.2. The molecule has 0 spiro atoms. The third-order valence-corrected chi connectivity index (χ3v) is 4.28. The SMILES string of the molecule is O=C(OCC(=O)c1ccc[nH]1)c1ccc(S(=O)(=O)C(F)F)cc1. The van der Waals surface area contributed by atoms with E-state index >= 15 is 0 Å². The number of carbonyl (C=O) groups is 2. The van der Waals surface area contributed by atoms with Crippen LogP contribution in [0.3, 0.4) is 0 Å². The highest BCUT2D eigenvalue weighted by Gasteiger charge is 2.26. The summed E-state index contributed by atoms with van der Waals surface area (Å²) in [4.78, 5) is 25.4. The van der Waals surface area contributed by atoms with Gasteiger partial charge in [0.25, 0.3) is 0 Å². The van der Waals surface area contributed by atoms with Crippen molar-refractivity contribution in [2.45, 2.75) is 10.7 Å². The van der Waals surface area contributed by atoms with Crippen LogP contribution in [0.4, 0.5) is 8.78 Å². The molecule has 122 valence electrons. The fourth-order valence-electron chi connectivity index (χ4n) is 1.68. The van der Waals surface area contributed by atoms with Crippen LogP contribution < -0.4 is 0 Å². The molecule has 0 bridgehead atoms. The fraction of sp³-hybridized carbons (Fsp3) is 0.143. The molecular formula is C14H11F2NO5S. The number of aromatic nitrogens is 1. The van der Waals surface area contributed by atoms with E-state index in [4.69, 9.17) is 4.74 Å². The summed E-state index contributed by atoms with van der Waals surface area (Å²) >= 11 is 0. The number of hydrogen-bond acceptors (Lipinski definition) is 5. The molecule has 0 aliphatic rings. The van der Waals surface area contributed by atoms with Gasteiger partial charge < -0.3 is 9.72 Å². The van der Waals surface area contributed by atoms with Crippen LogP contribution in [0.25, 0.3) is 0 Å². The first-order valence-corrected chi connectivity index (χ1v) is 7.83. The van der Waals surface area contributed by atoms with Gasteiger partial charge in [-0.1, -0.05) is 0 Å². The van der Waals surface area contributed by atoms with Crippen LogP contribution in [0.2, 0.25) is 0 Å². The van der Waals surface area contributed by atoms with E-state index in [0.717, 1.165) is 24.3 Å². The highest BCUT2D eigenvalue weighted by atomic mass is 32.2. The van der Waals surface area contributed by atoms with Gasteiger partial charge in [0.1, 0.15) is 0 Å². The first kappa shape index (κ1) is 16.8. The molecular weight excluding hydrogens is 332 g/mol. The summed E-state index contributed by atoms with van der Waals surface area (Å²) < 4.78 is 52.0. The monoisotopic (exact) mass is 343 g/mol. The smallest absolute Gasteiger partial charge is 0.341 e. The van der Waals surface area contributed by atoms with Crippen LogP contribution in [0.1, 0.15) is 20.8 Å². The standard InChI is InChI=1S/C14H11F2NO5S/c15-14(16)23(20,21)10-5-3-9(4-6-10)13(19)22-8-12(18)11-2-1-7-17-11/h1-7,14,17H,8H2. The van der Waals surface area contributed by atoms with Gasteiger partial charge >= 0.3 is 11.7 Å². The van der Waals surface area contributed by atoms with E-state index in [-0.39, 0.29) is 11.3 Å². The van der Waals surface area contributed by atoms with Crippen molar-refractivity contribution in [3.05, 3.63) is 53.9 Å². The van der Waals surface area contributed by atoms with Gasteiger partial charge in [-0.3, -0.25) is 4.79 Å². The largest absolute Gasteiger partial charge is 0.454 e. The number of alkyl halides is 2. The Kier molecular flexibility index (Phi) is 4.89. The molecule has 23 heavy (non-hydrogen) atoms. The fourth-order valence-corrected chi connectivity index (χ4v) is 2.40. The Labute approximate surface area is 130 Å². The number of Topliss-reactive ketones (excluding diaryl/α,β-unsaturated/α-hetero) is 1. The number of benzene rings is 1. The first-order valence-electron chi connectivity index (χ1n) is 6.28. The zero-order valence-electron chi connectivity index (χ0n) is 11.5. The summed E-state index contributed by atoms with van der Waals surface area (Å²) in [7, 11) is -4.72. The number of aromatic amines is 1. The number of H-pyrrole nitrogens is 1. The number of hydrogen-bond donors (Lipinski definition) is 1. The average Bonchev–Trinajstić information content (AvgIpc) is 3.06. The van der Waals surface area contributed by atoms with E-state index in [1.165, 1.54) is 12.3 Å². The zero-order chi connectivity index (χ0) is 17.0. The summed E-state index contributed by atoms with van der Waals surface area (Å²) in [6, 6.07) is 6.96.